The van der Waals surface area contributed by atoms with Gasteiger partial charge in [0.2, 0.25) is 10.0 Å². The first-order valence-electron chi connectivity index (χ1n) is 11.3. The van der Waals surface area contributed by atoms with E-state index in [4.69, 9.17) is 16.4 Å². The van der Waals surface area contributed by atoms with Gasteiger partial charge >= 0.3 is 6.18 Å². The molecule has 0 aliphatic carbocycles. The van der Waals surface area contributed by atoms with Gasteiger partial charge in [0, 0.05) is 31.3 Å². The third-order valence-electron chi connectivity index (χ3n) is 6.43. The minimum absolute atomic E-state index is 0.290. The van der Waals surface area contributed by atoms with Crippen LogP contribution in [0.15, 0.2) is 47.6 Å². The molecule has 4 heterocycles. The third-order valence-corrected chi connectivity index (χ3v) is 10.2. The topological polar surface area (TPSA) is 77.3 Å². The lowest BCUT2D eigenvalue weighted by Gasteiger charge is -2.33. The molecule has 0 saturated heterocycles. The van der Waals surface area contributed by atoms with Crippen molar-refractivity contribution in [1.29, 1.82) is 0 Å². The average molecular weight is 557 g/mol. The number of pyridine rings is 1. The van der Waals surface area contributed by atoms with Gasteiger partial charge in [-0.05, 0) is 41.4 Å². The fraction of sp³-hybridized carbons (Fsp3) is 0.391. The SMILES string of the molecule is C[Si](C)(C)CCOn1cc2c(n1)CC1c3ccc(Cl)cc3C2N1S(=O)(=O)c1ccc(C(F)(F)F)nc1. The van der Waals surface area contributed by atoms with Crippen molar-refractivity contribution in [3.05, 3.63) is 75.8 Å². The second-order valence-corrected chi connectivity index (χ2v) is 18.1. The van der Waals surface area contributed by atoms with Gasteiger partial charge in [0.05, 0.1) is 24.0 Å². The quantitative estimate of drug-likeness (QED) is 0.394. The Morgan fingerprint density at radius 2 is 1.89 bits per heavy atom. The minimum Gasteiger partial charge on any atom is -0.397 e. The van der Waals surface area contributed by atoms with E-state index in [9.17, 15) is 21.6 Å². The van der Waals surface area contributed by atoms with Crippen LogP contribution in [-0.4, -0.2) is 42.3 Å². The lowest BCUT2D eigenvalue weighted by Crippen LogP contribution is -2.37. The van der Waals surface area contributed by atoms with Crippen LogP contribution in [-0.2, 0) is 22.6 Å². The van der Waals surface area contributed by atoms with Crippen LogP contribution in [0.5, 0.6) is 0 Å². The summed E-state index contributed by atoms with van der Waals surface area (Å²) in [4.78, 5) is 10.3. The summed E-state index contributed by atoms with van der Waals surface area (Å²) in [7, 11) is -5.55. The average Bonchev–Trinajstić information content (AvgIpc) is 3.29. The van der Waals surface area contributed by atoms with Crippen molar-refractivity contribution in [2.45, 2.75) is 55.3 Å². The van der Waals surface area contributed by atoms with E-state index in [0.29, 0.717) is 29.0 Å². The zero-order chi connectivity index (χ0) is 26.0. The van der Waals surface area contributed by atoms with Crippen molar-refractivity contribution in [2.24, 2.45) is 0 Å². The first-order chi connectivity index (χ1) is 16.8. The first-order valence-corrected chi connectivity index (χ1v) is 16.9. The van der Waals surface area contributed by atoms with E-state index >= 15 is 0 Å². The second-order valence-electron chi connectivity index (χ2n) is 10.2. The highest BCUT2D eigenvalue weighted by Gasteiger charge is 2.51. The predicted octanol–water partition coefficient (Wildman–Crippen LogP) is 5.11. The fourth-order valence-electron chi connectivity index (χ4n) is 4.65. The van der Waals surface area contributed by atoms with Crippen LogP contribution in [0.25, 0.3) is 0 Å². The molecule has 5 rings (SSSR count). The molecule has 0 N–H and O–H groups in total. The van der Waals surface area contributed by atoms with E-state index in [-0.39, 0.29) is 11.3 Å². The van der Waals surface area contributed by atoms with Crippen molar-refractivity contribution in [1.82, 2.24) is 19.2 Å². The molecule has 2 unspecified atom stereocenters. The van der Waals surface area contributed by atoms with E-state index in [1.54, 1.807) is 24.4 Å². The Kier molecular flexibility index (Phi) is 6.01. The number of halogens is 4. The Bertz CT molecular complexity index is 1420. The fourth-order valence-corrected chi connectivity index (χ4v) is 7.24. The molecule has 2 aliphatic heterocycles. The van der Waals surface area contributed by atoms with Crippen LogP contribution in [0.4, 0.5) is 13.2 Å². The molecule has 36 heavy (non-hydrogen) atoms. The standard InChI is InChI=1S/C23H24ClF3N4O3SSi/c1-36(2,3)9-8-34-30-13-18-19(29-30)11-20-16-6-4-14(24)10-17(16)22(18)31(20)35(32,33)15-5-7-21(28-12-15)23(25,26)27/h4-7,10,12-13,20,22H,8-9,11H2,1-3H3. The van der Waals surface area contributed by atoms with E-state index in [1.165, 1.54) is 9.15 Å². The monoisotopic (exact) mass is 556 g/mol. The Balaban J connectivity index is 1.54. The largest absolute Gasteiger partial charge is 0.433 e. The Hall–Kier alpha value is -2.41. The van der Waals surface area contributed by atoms with Gasteiger partial charge in [-0.25, -0.2) is 8.42 Å². The molecule has 2 atom stereocenters. The van der Waals surface area contributed by atoms with Crippen molar-refractivity contribution in [3.8, 4) is 0 Å². The lowest BCUT2D eigenvalue weighted by molar-refractivity contribution is -0.141. The molecular formula is C23H24ClF3N4O3SSi. The summed E-state index contributed by atoms with van der Waals surface area (Å²) in [5, 5.41) is 5.02. The normalized spacial score (nSPS) is 19.8. The molecule has 3 aromatic rings. The molecule has 2 aromatic heterocycles. The summed E-state index contributed by atoms with van der Waals surface area (Å²) < 4.78 is 67.9. The Morgan fingerprint density at radius 3 is 2.53 bits per heavy atom. The highest BCUT2D eigenvalue weighted by Crippen LogP contribution is 2.54. The number of benzene rings is 1. The number of nitrogens with zero attached hydrogens (tertiary/aromatic N) is 4. The van der Waals surface area contributed by atoms with Crippen LogP contribution in [0, 0.1) is 0 Å². The van der Waals surface area contributed by atoms with Gasteiger partial charge in [-0.15, -0.1) is 9.94 Å². The maximum atomic E-state index is 13.8. The second kappa shape index (κ2) is 8.57. The number of aromatic nitrogens is 3. The van der Waals surface area contributed by atoms with Crippen LogP contribution in [0.3, 0.4) is 0 Å². The van der Waals surface area contributed by atoms with E-state index in [1.807, 2.05) is 0 Å². The van der Waals surface area contributed by atoms with Gasteiger partial charge in [0.25, 0.3) is 0 Å². The van der Waals surface area contributed by atoms with Crippen LogP contribution in [0.2, 0.25) is 30.7 Å². The van der Waals surface area contributed by atoms with Gasteiger partial charge in [-0.1, -0.05) is 37.3 Å². The molecule has 0 fully saturated rings. The first kappa shape index (κ1) is 25.2. The molecule has 0 spiro atoms. The molecule has 2 aliphatic rings. The third kappa shape index (κ3) is 4.44. The number of hydrogen-bond donors (Lipinski definition) is 0. The van der Waals surface area contributed by atoms with Crippen molar-refractivity contribution in [3.63, 3.8) is 0 Å². The van der Waals surface area contributed by atoms with E-state index in [2.05, 4.69) is 29.7 Å². The highest BCUT2D eigenvalue weighted by molar-refractivity contribution is 7.89. The van der Waals surface area contributed by atoms with Crippen LogP contribution in [0.1, 0.15) is 40.2 Å². The molecule has 13 heteroatoms. The van der Waals surface area contributed by atoms with Gasteiger partial charge < -0.3 is 4.84 Å². The Labute approximate surface area is 212 Å². The molecule has 2 bridgehead atoms. The summed E-state index contributed by atoms with van der Waals surface area (Å²) in [5.74, 6) is 0. The van der Waals surface area contributed by atoms with Crippen molar-refractivity contribution in [2.75, 3.05) is 6.61 Å². The van der Waals surface area contributed by atoms with Crippen LogP contribution < -0.4 is 4.84 Å². The van der Waals surface area contributed by atoms with Gasteiger partial charge in [0.15, 0.2) is 0 Å². The number of alkyl halides is 3. The Morgan fingerprint density at radius 1 is 1.14 bits per heavy atom. The number of sulfonamides is 1. The number of rotatable bonds is 6. The summed E-state index contributed by atoms with van der Waals surface area (Å²) in [6.45, 7) is 7.21. The predicted molar refractivity (Wildman–Crippen MR) is 130 cm³/mol. The highest BCUT2D eigenvalue weighted by atomic mass is 35.5. The maximum absolute atomic E-state index is 13.8. The summed E-state index contributed by atoms with van der Waals surface area (Å²) in [6.07, 6.45) is -1.94. The minimum atomic E-state index is -4.67. The van der Waals surface area contributed by atoms with Crippen LogP contribution >= 0.6 is 11.6 Å². The summed E-state index contributed by atoms with van der Waals surface area (Å²) >= 11 is 6.27. The molecule has 192 valence electrons. The van der Waals surface area contributed by atoms with Gasteiger partial charge in [-0.3, -0.25) is 4.98 Å². The molecule has 0 radical (unpaired) electrons. The zero-order valence-electron chi connectivity index (χ0n) is 19.8. The summed E-state index contributed by atoms with van der Waals surface area (Å²) in [5.41, 5.74) is 1.72. The molecular weight excluding hydrogens is 533 g/mol. The van der Waals surface area contributed by atoms with Crippen molar-refractivity contribution < 1.29 is 26.4 Å². The number of hydrogen-bond acceptors (Lipinski definition) is 5. The van der Waals surface area contributed by atoms with Crippen molar-refractivity contribution >= 4 is 29.7 Å². The zero-order valence-corrected chi connectivity index (χ0v) is 22.3. The van der Waals surface area contributed by atoms with Gasteiger partial charge in [-0.2, -0.15) is 17.5 Å². The summed E-state index contributed by atoms with van der Waals surface area (Å²) in [6, 6.07) is 6.45. The smallest absolute Gasteiger partial charge is 0.397 e. The number of fused-ring (bicyclic) bond motifs is 7. The maximum Gasteiger partial charge on any atom is 0.433 e. The van der Waals surface area contributed by atoms with E-state index in [0.717, 1.165) is 29.4 Å². The van der Waals surface area contributed by atoms with Gasteiger partial charge in [0.1, 0.15) is 17.2 Å². The molecule has 1 aromatic carbocycles. The molecule has 0 amide bonds. The molecule has 7 nitrogen and oxygen atoms in total. The molecule has 0 saturated carbocycles. The lowest BCUT2D eigenvalue weighted by atomic mass is 10.0. The van der Waals surface area contributed by atoms with E-state index < -0.39 is 42.1 Å².